The Labute approximate surface area is 104 Å². The molecule has 6 nitrogen and oxygen atoms in total. The van der Waals surface area contributed by atoms with Gasteiger partial charge in [-0.05, 0) is 13.8 Å². The Bertz CT molecular complexity index is 399. The number of rotatable bonds is 4. The molecule has 2 rings (SSSR count). The smallest absolute Gasteiger partial charge is 0.370 e. The van der Waals surface area contributed by atoms with E-state index in [1.165, 1.54) is 4.90 Å². The van der Waals surface area contributed by atoms with Gasteiger partial charge in [0, 0.05) is 13.1 Å². The number of ether oxygens (including phenoxy) is 1. The van der Waals surface area contributed by atoms with Crippen LogP contribution in [0.15, 0.2) is 11.6 Å². The Morgan fingerprint density at radius 2 is 2.39 bits per heavy atom. The lowest BCUT2D eigenvalue weighted by Gasteiger charge is -2.21. The van der Waals surface area contributed by atoms with E-state index in [0.717, 1.165) is 10.6 Å². The highest BCUT2D eigenvalue weighted by Crippen LogP contribution is 2.25. The molecular formula is C11H15FN2O4. The minimum absolute atomic E-state index is 0.0606. The number of amides is 2. The maximum atomic E-state index is 13.4. The third-order valence-electron chi connectivity index (χ3n) is 2.76. The molecule has 0 aromatic heterocycles. The second kappa shape index (κ2) is 4.93. The minimum atomic E-state index is -2.27. The molecule has 18 heavy (non-hydrogen) atoms. The standard InChI is InChI=1S/C11H15FN2O4/c1-3-17-10(15)9(12)18-14-8-4-7(2)5-13(6-8)11(14)16/h4,8-9H,3,5-6H2,1-2H3/t8-,9-/m1/s1. The summed E-state index contributed by atoms with van der Waals surface area (Å²) in [7, 11) is 0. The summed E-state index contributed by atoms with van der Waals surface area (Å²) < 4.78 is 17.9. The summed E-state index contributed by atoms with van der Waals surface area (Å²) in [6.45, 7) is 4.47. The van der Waals surface area contributed by atoms with E-state index < -0.39 is 18.4 Å². The molecule has 0 aromatic rings. The van der Waals surface area contributed by atoms with Crippen LogP contribution >= 0.6 is 0 Å². The van der Waals surface area contributed by atoms with Gasteiger partial charge in [0.1, 0.15) is 0 Å². The van der Waals surface area contributed by atoms with Crippen molar-refractivity contribution in [2.75, 3.05) is 19.7 Å². The number of hydrogen-bond acceptors (Lipinski definition) is 4. The predicted molar refractivity (Wildman–Crippen MR) is 59.0 cm³/mol. The van der Waals surface area contributed by atoms with Gasteiger partial charge in [0.25, 0.3) is 0 Å². The van der Waals surface area contributed by atoms with Crippen molar-refractivity contribution in [2.24, 2.45) is 0 Å². The zero-order chi connectivity index (χ0) is 13.3. The van der Waals surface area contributed by atoms with Crippen LogP contribution in [0.5, 0.6) is 0 Å². The minimum Gasteiger partial charge on any atom is -0.462 e. The molecule has 2 aliphatic rings. The highest BCUT2D eigenvalue weighted by atomic mass is 19.1. The second-order valence-corrected chi connectivity index (χ2v) is 4.24. The number of esters is 1. The summed E-state index contributed by atoms with van der Waals surface area (Å²) in [6.07, 6.45) is -0.442. The van der Waals surface area contributed by atoms with Crippen molar-refractivity contribution in [1.29, 1.82) is 0 Å². The molecule has 0 saturated carbocycles. The molecule has 2 amide bonds. The molecule has 0 N–H and O–H groups in total. The van der Waals surface area contributed by atoms with Gasteiger partial charge in [0.05, 0.1) is 12.6 Å². The topological polar surface area (TPSA) is 59.1 Å². The summed E-state index contributed by atoms with van der Waals surface area (Å²) in [6, 6.07) is -0.779. The van der Waals surface area contributed by atoms with Crippen molar-refractivity contribution in [3.8, 4) is 0 Å². The third kappa shape index (κ3) is 2.31. The number of nitrogens with zero attached hydrogens (tertiary/aromatic N) is 2. The zero-order valence-corrected chi connectivity index (χ0v) is 10.3. The van der Waals surface area contributed by atoms with Crippen molar-refractivity contribution < 1.29 is 23.6 Å². The van der Waals surface area contributed by atoms with Gasteiger partial charge in [-0.25, -0.2) is 18.8 Å². The Kier molecular flexibility index (Phi) is 3.51. The number of fused-ring (bicyclic) bond motifs is 2. The van der Waals surface area contributed by atoms with Crippen LogP contribution < -0.4 is 0 Å². The van der Waals surface area contributed by atoms with Gasteiger partial charge in [-0.2, -0.15) is 5.06 Å². The molecule has 2 bridgehead atoms. The fraction of sp³-hybridized carbons (Fsp3) is 0.636. The van der Waals surface area contributed by atoms with Crippen molar-refractivity contribution in [3.05, 3.63) is 11.6 Å². The first-order valence-corrected chi connectivity index (χ1v) is 5.76. The lowest BCUT2D eigenvalue weighted by atomic mass is 10.1. The first-order valence-electron chi connectivity index (χ1n) is 5.76. The first-order chi connectivity index (χ1) is 8.52. The molecule has 2 aliphatic heterocycles. The van der Waals surface area contributed by atoms with Gasteiger partial charge in [-0.1, -0.05) is 11.6 Å². The van der Waals surface area contributed by atoms with Crippen LogP contribution in [0, 0.1) is 0 Å². The van der Waals surface area contributed by atoms with Crippen molar-refractivity contribution in [3.63, 3.8) is 0 Å². The first kappa shape index (κ1) is 12.8. The molecule has 2 atom stereocenters. The summed E-state index contributed by atoms with van der Waals surface area (Å²) >= 11 is 0. The third-order valence-corrected chi connectivity index (χ3v) is 2.76. The number of carbonyl (C=O) groups excluding carboxylic acids is 2. The van der Waals surface area contributed by atoms with Gasteiger partial charge in [-0.3, -0.25) is 0 Å². The number of hydroxylamine groups is 2. The summed E-state index contributed by atoms with van der Waals surface area (Å²) in [5, 5.41) is 0.901. The summed E-state index contributed by atoms with van der Waals surface area (Å²) in [5.41, 5.74) is 1.01. The fourth-order valence-electron chi connectivity index (χ4n) is 2.07. The lowest BCUT2D eigenvalue weighted by molar-refractivity contribution is -0.223. The number of alkyl halides is 1. The molecule has 0 radical (unpaired) electrons. The normalized spacial score (nSPS) is 24.1. The maximum Gasteiger partial charge on any atom is 0.370 e. The Balaban J connectivity index is 2.01. The van der Waals surface area contributed by atoms with Gasteiger partial charge in [0.2, 0.25) is 0 Å². The predicted octanol–water partition coefficient (Wildman–Crippen LogP) is 0.843. The fourth-order valence-corrected chi connectivity index (χ4v) is 2.07. The molecule has 1 saturated heterocycles. The van der Waals surface area contributed by atoms with E-state index in [2.05, 4.69) is 4.74 Å². The van der Waals surface area contributed by atoms with E-state index in [-0.39, 0.29) is 12.6 Å². The summed E-state index contributed by atoms with van der Waals surface area (Å²) in [5.74, 6) is -1.12. The maximum absolute atomic E-state index is 13.4. The van der Waals surface area contributed by atoms with E-state index in [1.54, 1.807) is 6.92 Å². The van der Waals surface area contributed by atoms with Crippen LogP contribution in [-0.2, 0) is 14.4 Å². The highest BCUT2D eigenvalue weighted by Gasteiger charge is 2.42. The zero-order valence-electron chi connectivity index (χ0n) is 10.3. The monoisotopic (exact) mass is 258 g/mol. The quantitative estimate of drug-likeness (QED) is 0.554. The largest absolute Gasteiger partial charge is 0.462 e. The van der Waals surface area contributed by atoms with E-state index in [4.69, 9.17) is 4.84 Å². The number of halogens is 1. The van der Waals surface area contributed by atoms with Gasteiger partial charge in [0.15, 0.2) is 0 Å². The van der Waals surface area contributed by atoms with Crippen LogP contribution in [0.25, 0.3) is 0 Å². The van der Waals surface area contributed by atoms with Crippen LogP contribution in [0.4, 0.5) is 9.18 Å². The van der Waals surface area contributed by atoms with Gasteiger partial charge in [-0.15, -0.1) is 0 Å². The molecule has 100 valence electrons. The van der Waals surface area contributed by atoms with Crippen LogP contribution in [0.1, 0.15) is 13.8 Å². The SMILES string of the molecule is CCOC(=O)[C@H](F)ON1C(=O)N2CC(C)=C[C@@H]1C2. The Hall–Kier alpha value is -1.63. The number of hydrogen-bond donors (Lipinski definition) is 0. The van der Waals surface area contributed by atoms with Crippen LogP contribution in [0.3, 0.4) is 0 Å². The van der Waals surface area contributed by atoms with Crippen LogP contribution in [-0.4, -0.2) is 54.1 Å². The average molecular weight is 258 g/mol. The van der Waals surface area contributed by atoms with E-state index in [0.29, 0.717) is 13.1 Å². The van der Waals surface area contributed by atoms with Gasteiger partial charge < -0.3 is 9.64 Å². The second-order valence-electron chi connectivity index (χ2n) is 4.24. The molecule has 2 heterocycles. The molecule has 0 aliphatic carbocycles. The lowest BCUT2D eigenvalue weighted by Crippen LogP contribution is -2.38. The van der Waals surface area contributed by atoms with Gasteiger partial charge >= 0.3 is 18.4 Å². The van der Waals surface area contributed by atoms with E-state index in [1.807, 2.05) is 13.0 Å². The van der Waals surface area contributed by atoms with Crippen LogP contribution in [0.2, 0.25) is 0 Å². The molecule has 0 spiro atoms. The molecule has 1 fully saturated rings. The van der Waals surface area contributed by atoms with Crippen molar-refractivity contribution in [1.82, 2.24) is 9.96 Å². The Morgan fingerprint density at radius 3 is 3.06 bits per heavy atom. The molecule has 0 aromatic carbocycles. The van der Waals surface area contributed by atoms with E-state index in [9.17, 15) is 14.0 Å². The molecule has 0 unspecified atom stereocenters. The molecule has 7 heteroatoms. The number of urea groups is 1. The highest BCUT2D eigenvalue weighted by molar-refractivity contribution is 5.78. The Morgan fingerprint density at radius 1 is 1.67 bits per heavy atom. The summed E-state index contributed by atoms with van der Waals surface area (Å²) in [4.78, 5) is 29.2. The van der Waals surface area contributed by atoms with Crippen molar-refractivity contribution in [2.45, 2.75) is 26.2 Å². The average Bonchev–Trinajstić information content (AvgIpc) is 2.53. The van der Waals surface area contributed by atoms with E-state index >= 15 is 0 Å². The molecular weight excluding hydrogens is 243 g/mol. The van der Waals surface area contributed by atoms with Crippen molar-refractivity contribution >= 4 is 12.0 Å². The number of carbonyl (C=O) groups is 2.